The molecule has 7 heteroatoms. The van der Waals surface area contributed by atoms with Gasteiger partial charge in [-0.05, 0) is 25.7 Å². The summed E-state index contributed by atoms with van der Waals surface area (Å²) in [6.07, 6.45) is 5.63. The third-order valence-corrected chi connectivity index (χ3v) is 5.40. The molecule has 20 heavy (non-hydrogen) atoms. The predicted molar refractivity (Wildman–Crippen MR) is 74.6 cm³/mol. The molecule has 0 unspecified atom stereocenters. The van der Waals surface area contributed by atoms with Crippen molar-refractivity contribution in [2.75, 3.05) is 19.4 Å². The van der Waals surface area contributed by atoms with Crippen LogP contribution in [-0.2, 0) is 27.9 Å². The maximum atomic E-state index is 11.7. The molecule has 0 bridgehead atoms. The van der Waals surface area contributed by atoms with Gasteiger partial charge in [-0.3, -0.25) is 0 Å². The molecule has 1 aromatic heterocycles. The van der Waals surface area contributed by atoms with Gasteiger partial charge in [-0.2, -0.15) is 4.31 Å². The molecule has 1 aliphatic carbocycles. The summed E-state index contributed by atoms with van der Waals surface area (Å²) in [6.45, 7) is 4.42. The first-order valence-corrected chi connectivity index (χ1v) is 8.90. The molecule has 1 aromatic rings. The van der Waals surface area contributed by atoms with Gasteiger partial charge < -0.3 is 9.30 Å². The number of sulfonamides is 1. The van der Waals surface area contributed by atoms with E-state index in [1.807, 2.05) is 13.1 Å². The summed E-state index contributed by atoms with van der Waals surface area (Å²) < 4.78 is 32.8. The number of rotatable bonds is 5. The fraction of sp³-hybridized carbons (Fsp3) is 0.769. The van der Waals surface area contributed by atoms with E-state index in [1.54, 1.807) is 0 Å². The Labute approximate surface area is 119 Å². The van der Waals surface area contributed by atoms with E-state index in [9.17, 15) is 8.42 Å². The average molecular weight is 299 g/mol. The van der Waals surface area contributed by atoms with Crippen LogP contribution in [0, 0.1) is 5.92 Å². The summed E-state index contributed by atoms with van der Waals surface area (Å²) >= 11 is 0. The fourth-order valence-electron chi connectivity index (χ4n) is 2.72. The van der Waals surface area contributed by atoms with Crippen molar-refractivity contribution in [3.8, 4) is 0 Å². The highest BCUT2D eigenvalue weighted by atomic mass is 32.2. The normalized spacial score (nSPS) is 23.8. The van der Waals surface area contributed by atoms with E-state index < -0.39 is 10.0 Å². The van der Waals surface area contributed by atoms with Crippen LogP contribution < -0.4 is 0 Å². The van der Waals surface area contributed by atoms with Gasteiger partial charge in [0.25, 0.3) is 0 Å². The zero-order valence-electron chi connectivity index (χ0n) is 11.9. The zero-order chi connectivity index (χ0) is 14.3. The molecule has 1 aliphatic heterocycles. The van der Waals surface area contributed by atoms with Crippen LogP contribution in [0.2, 0.25) is 0 Å². The Morgan fingerprint density at radius 2 is 2.15 bits per heavy atom. The minimum atomic E-state index is -3.18. The van der Waals surface area contributed by atoms with Crippen molar-refractivity contribution < 1.29 is 13.2 Å². The van der Waals surface area contributed by atoms with E-state index in [4.69, 9.17) is 4.74 Å². The van der Waals surface area contributed by atoms with Crippen molar-refractivity contribution in [3.05, 3.63) is 17.7 Å². The van der Waals surface area contributed by atoms with Crippen molar-refractivity contribution in [2.24, 2.45) is 5.92 Å². The van der Waals surface area contributed by atoms with Gasteiger partial charge in [-0.1, -0.05) is 0 Å². The van der Waals surface area contributed by atoms with Crippen molar-refractivity contribution in [1.29, 1.82) is 0 Å². The molecule has 1 saturated carbocycles. The SMILES string of the molecule is C[C@H]1c2ncc(COCC3CC3)n2CCN1S(C)(=O)=O. The monoisotopic (exact) mass is 299 g/mol. The first-order valence-electron chi connectivity index (χ1n) is 7.05. The van der Waals surface area contributed by atoms with Crippen LogP contribution >= 0.6 is 0 Å². The van der Waals surface area contributed by atoms with Gasteiger partial charge >= 0.3 is 0 Å². The second-order valence-electron chi connectivity index (χ2n) is 5.77. The van der Waals surface area contributed by atoms with E-state index in [2.05, 4.69) is 9.55 Å². The molecule has 0 aromatic carbocycles. The van der Waals surface area contributed by atoms with E-state index in [0.29, 0.717) is 19.7 Å². The minimum Gasteiger partial charge on any atom is -0.375 e. The lowest BCUT2D eigenvalue weighted by Crippen LogP contribution is -2.40. The summed E-state index contributed by atoms with van der Waals surface area (Å²) in [7, 11) is -3.18. The predicted octanol–water partition coefficient (Wildman–Crippen LogP) is 1.15. The van der Waals surface area contributed by atoms with Gasteiger partial charge in [0.1, 0.15) is 5.82 Å². The zero-order valence-corrected chi connectivity index (χ0v) is 12.8. The van der Waals surface area contributed by atoms with Crippen molar-refractivity contribution >= 4 is 10.0 Å². The highest BCUT2D eigenvalue weighted by Gasteiger charge is 2.32. The van der Waals surface area contributed by atoms with E-state index in [-0.39, 0.29) is 6.04 Å². The molecule has 1 atom stereocenters. The van der Waals surface area contributed by atoms with E-state index >= 15 is 0 Å². The Kier molecular flexibility index (Phi) is 3.60. The molecule has 0 radical (unpaired) electrons. The Balaban J connectivity index is 1.72. The van der Waals surface area contributed by atoms with Crippen molar-refractivity contribution in [1.82, 2.24) is 13.9 Å². The van der Waals surface area contributed by atoms with Gasteiger partial charge in [0.2, 0.25) is 10.0 Å². The van der Waals surface area contributed by atoms with Gasteiger partial charge in [-0.15, -0.1) is 0 Å². The highest BCUT2D eigenvalue weighted by molar-refractivity contribution is 7.88. The van der Waals surface area contributed by atoms with Gasteiger partial charge in [0.05, 0.1) is 30.8 Å². The maximum Gasteiger partial charge on any atom is 0.211 e. The Bertz CT molecular complexity index is 592. The van der Waals surface area contributed by atoms with Crippen molar-refractivity contribution in [2.45, 2.75) is 39.0 Å². The molecular formula is C13H21N3O3S. The topological polar surface area (TPSA) is 64.4 Å². The number of aromatic nitrogens is 2. The van der Waals surface area contributed by atoms with Gasteiger partial charge in [-0.25, -0.2) is 13.4 Å². The lowest BCUT2D eigenvalue weighted by atomic mass is 10.2. The Morgan fingerprint density at radius 3 is 2.80 bits per heavy atom. The summed E-state index contributed by atoms with van der Waals surface area (Å²) in [5.41, 5.74) is 1.04. The second-order valence-corrected chi connectivity index (χ2v) is 7.70. The highest BCUT2D eigenvalue weighted by Crippen LogP contribution is 2.30. The molecular weight excluding hydrogens is 278 g/mol. The summed E-state index contributed by atoms with van der Waals surface area (Å²) in [5, 5.41) is 0. The quantitative estimate of drug-likeness (QED) is 0.818. The Hall–Kier alpha value is -0.920. The third-order valence-electron chi connectivity index (χ3n) is 4.05. The molecule has 3 rings (SSSR count). The Morgan fingerprint density at radius 1 is 1.40 bits per heavy atom. The number of nitrogens with zero attached hydrogens (tertiary/aromatic N) is 3. The van der Waals surface area contributed by atoms with Crippen LogP contribution in [0.4, 0.5) is 0 Å². The lowest BCUT2D eigenvalue weighted by molar-refractivity contribution is 0.105. The first kappa shape index (κ1) is 14.0. The van der Waals surface area contributed by atoms with Gasteiger partial charge in [0.15, 0.2) is 0 Å². The molecule has 6 nitrogen and oxygen atoms in total. The summed E-state index contributed by atoms with van der Waals surface area (Å²) in [5.74, 6) is 1.56. The molecule has 0 saturated heterocycles. The molecule has 1 fully saturated rings. The number of hydrogen-bond donors (Lipinski definition) is 0. The molecule has 0 spiro atoms. The van der Waals surface area contributed by atoms with E-state index in [0.717, 1.165) is 24.0 Å². The summed E-state index contributed by atoms with van der Waals surface area (Å²) in [4.78, 5) is 4.39. The van der Waals surface area contributed by atoms with Crippen LogP contribution in [-0.4, -0.2) is 41.7 Å². The molecule has 2 aliphatic rings. The molecule has 0 amide bonds. The van der Waals surface area contributed by atoms with Gasteiger partial charge in [0, 0.05) is 19.7 Å². The number of imidazole rings is 1. The van der Waals surface area contributed by atoms with Crippen LogP contribution in [0.3, 0.4) is 0 Å². The minimum absolute atomic E-state index is 0.212. The average Bonchev–Trinajstić information content (AvgIpc) is 3.09. The van der Waals surface area contributed by atoms with E-state index in [1.165, 1.54) is 23.4 Å². The molecule has 2 heterocycles. The maximum absolute atomic E-state index is 11.7. The van der Waals surface area contributed by atoms with Crippen LogP contribution in [0.1, 0.15) is 37.3 Å². The largest absolute Gasteiger partial charge is 0.375 e. The second kappa shape index (κ2) is 5.13. The molecule has 112 valence electrons. The number of fused-ring (bicyclic) bond motifs is 1. The lowest BCUT2D eigenvalue weighted by Gasteiger charge is -2.32. The first-order chi connectivity index (χ1) is 9.47. The number of hydrogen-bond acceptors (Lipinski definition) is 4. The fourth-order valence-corrected chi connectivity index (χ4v) is 3.80. The van der Waals surface area contributed by atoms with Crippen LogP contribution in [0.25, 0.3) is 0 Å². The third kappa shape index (κ3) is 2.75. The smallest absolute Gasteiger partial charge is 0.211 e. The van der Waals surface area contributed by atoms with Crippen molar-refractivity contribution in [3.63, 3.8) is 0 Å². The van der Waals surface area contributed by atoms with Crippen LogP contribution in [0.15, 0.2) is 6.20 Å². The molecule has 0 N–H and O–H groups in total. The number of ether oxygens (including phenoxy) is 1. The summed E-state index contributed by atoms with van der Waals surface area (Å²) in [6, 6.07) is -0.212. The van der Waals surface area contributed by atoms with Crippen LogP contribution in [0.5, 0.6) is 0 Å². The standard InChI is InChI=1S/C13H21N3O3S/c1-10-13-14-7-12(9-19-8-11-3-4-11)15(13)5-6-16(10)20(2,17)18/h7,10-11H,3-6,8-9H2,1-2H3/t10-/m0/s1.